The zero-order valence-electron chi connectivity index (χ0n) is 9.64. The maximum atomic E-state index is 5.80. The van der Waals surface area contributed by atoms with E-state index >= 15 is 0 Å². The topological polar surface area (TPSA) is 27.7 Å². The molecule has 0 atom stereocenters. The van der Waals surface area contributed by atoms with Crippen molar-refractivity contribution in [1.82, 2.24) is 0 Å². The van der Waals surface area contributed by atoms with Crippen LogP contribution in [0.15, 0.2) is 0 Å². The van der Waals surface area contributed by atoms with Crippen molar-refractivity contribution in [2.45, 2.75) is 46.8 Å². The lowest BCUT2D eigenvalue weighted by molar-refractivity contribution is 0.00461. The summed E-state index contributed by atoms with van der Waals surface area (Å²) in [5, 5.41) is 0. The zero-order valence-corrected chi connectivity index (χ0v) is 10.6. The minimum Gasteiger partial charge on any atom is -0.374 e. The van der Waals surface area contributed by atoms with Crippen molar-refractivity contribution in [2.75, 3.05) is 13.2 Å². The summed E-state index contributed by atoms with van der Waals surface area (Å²) < 4.78 is 16.9. The van der Waals surface area contributed by atoms with E-state index in [1.807, 2.05) is 41.2 Å². The molecule has 80 valence electrons. The third-order valence-corrected chi connectivity index (χ3v) is 3.91. The fourth-order valence-corrected chi connectivity index (χ4v) is 3.54. The molecule has 3 nitrogen and oxygen atoms in total. The average molecular weight is 206 g/mol. The first-order valence-electron chi connectivity index (χ1n) is 4.81. The molecule has 0 radical (unpaired) electrons. The molecular formula is C9H22O3Si. The van der Waals surface area contributed by atoms with Gasteiger partial charge in [-0.25, -0.2) is 0 Å². The molecule has 0 aliphatic rings. The van der Waals surface area contributed by atoms with E-state index in [1.54, 1.807) is 0 Å². The van der Waals surface area contributed by atoms with Crippen molar-refractivity contribution in [2.24, 2.45) is 0 Å². The predicted octanol–water partition coefficient (Wildman–Crippen LogP) is 2.44. The van der Waals surface area contributed by atoms with Gasteiger partial charge < -0.3 is 13.3 Å². The molecule has 13 heavy (non-hydrogen) atoms. The lowest BCUT2D eigenvalue weighted by atomic mass is 10.2. The van der Waals surface area contributed by atoms with Gasteiger partial charge in [0.25, 0.3) is 0 Å². The Morgan fingerprint density at radius 3 is 1.62 bits per heavy atom. The van der Waals surface area contributed by atoms with E-state index in [0.717, 1.165) is 0 Å². The summed E-state index contributed by atoms with van der Waals surface area (Å²) in [5.41, 5.74) is -0.203. The predicted molar refractivity (Wildman–Crippen MR) is 55.7 cm³/mol. The van der Waals surface area contributed by atoms with Crippen LogP contribution in [0.5, 0.6) is 0 Å². The van der Waals surface area contributed by atoms with Gasteiger partial charge in [-0.05, 0) is 34.6 Å². The van der Waals surface area contributed by atoms with Crippen LogP contribution in [-0.4, -0.2) is 27.6 Å². The largest absolute Gasteiger partial charge is 0.498 e. The summed E-state index contributed by atoms with van der Waals surface area (Å²) in [7, 11) is -2.38. The highest BCUT2D eigenvalue weighted by molar-refractivity contribution is 6.59. The van der Waals surface area contributed by atoms with Gasteiger partial charge in [-0.3, -0.25) is 0 Å². The Bertz CT molecular complexity index is 136. The molecule has 0 fully saturated rings. The van der Waals surface area contributed by atoms with Gasteiger partial charge in [-0.15, -0.1) is 0 Å². The summed E-state index contributed by atoms with van der Waals surface area (Å²) in [5.74, 6) is 0. The fourth-order valence-electron chi connectivity index (χ4n) is 1.18. The Balaban J connectivity index is 4.22. The molecule has 0 heterocycles. The Kier molecular flexibility index (Phi) is 5.13. The van der Waals surface area contributed by atoms with Gasteiger partial charge in [0, 0.05) is 19.8 Å². The van der Waals surface area contributed by atoms with Crippen LogP contribution in [0.4, 0.5) is 0 Å². The highest BCUT2D eigenvalue weighted by Gasteiger charge is 2.38. The van der Waals surface area contributed by atoms with Crippen LogP contribution in [-0.2, 0) is 13.3 Å². The van der Waals surface area contributed by atoms with E-state index in [2.05, 4.69) is 0 Å². The lowest BCUT2D eigenvalue weighted by Gasteiger charge is -2.32. The minimum absolute atomic E-state index is 0.203. The smallest absolute Gasteiger partial charge is 0.374 e. The van der Waals surface area contributed by atoms with Gasteiger partial charge in [0.15, 0.2) is 0 Å². The maximum Gasteiger partial charge on any atom is 0.498 e. The highest BCUT2D eigenvalue weighted by atomic mass is 28.4. The van der Waals surface area contributed by atoms with Crippen LogP contribution >= 0.6 is 0 Å². The first kappa shape index (κ1) is 13.1. The van der Waals surface area contributed by atoms with Gasteiger partial charge in [0.05, 0.1) is 5.60 Å². The van der Waals surface area contributed by atoms with Crippen LogP contribution in [0.25, 0.3) is 0 Å². The van der Waals surface area contributed by atoms with Crippen molar-refractivity contribution in [1.29, 1.82) is 0 Å². The summed E-state index contributed by atoms with van der Waals surface area (Å²) in [6.45, 7) is 13.2. The Morgan fingerprint density at radius 1 is 1.00 bits per heavy atom. The van der Waals surface area contributed by atoms with Crippen LogP contribution < -0.4 is 0 Å². The molecule has 0 aromatic heterocycles. The molecule has 0 saturated carbocycles. The molecule has 4 heteroatoms. The Hall–Kier alpha value is 0.0969. The molecule has 0 spiro atoms. The first-order chi connectivity index (χ1) is 5.83. The van der Waals surface area contributed by atoms with Crippen LogP contribution in [0.2, 0.25) is 6.55 Å². The zero-order chi connectivity index (χ0) is 10.5. The molecule has 0 aromatic rings. The van der Waals surface area contributed by atoms with Crippen molar-refractivity contribution >= 4 is 8.80 Å². The van der Waals surface area contributed by atoms with E-state index in [-0.39, 0.29) is 5.60 Å². The monoisotopic (exact) mass is 206 g/mol. The fraction of sp³-hybridized carbons (Fsp3) is 1.00. The summed E-state index contributed by atoms with van der Waals surface area (Å²) >= 11 is 0. The average Bonchev–Trinajstić information content (AvgIpc) is 1.82. The number of hydrogen-bond acceptors (Lipinski definition) is 3. The molecule has 0 bridgehead atoms. The minimum atomic E-state index is -2.38. The number of hydrogen-bond donors (Lipinski definition) is 0. The van der Waals surface area contributed by atoms with E-state index in [0.29, 0.717) is 13.2 Å². The number of rotatable bonds is 5. The molecule has 0 aromatic carbocycles. The molecule has 0 unspecified atom stereocenters. The van der Waals surface area contributed by atoms with E-state index in [9.17, 15) is 0 Å². The van der Waals surface area contributed by atoms with Crippen LogP contribution in [0.3, 0.4) is 0 Å². The quantitative estimate of drug-likeness (QED) is 0.647. The van der Waals surface area contributed by atoms with Crippen molar-refractivity contribution in [3.63, 3.8) is 0 Å². The van der Waals surface area contributed by atoms with Gasteiger partial charge in [-0.1, -0.05) is 0 Å². The molecule has 0 aliphatic heterocycles. The molecule has 0 rings (SSSR count). The maximum absolute atomic E-state index is 5.80. The second kappa shape index (κ2) is 5.10. The first-order valence-corrected chi connectivity index (χ1v) is 7.03. The van der Waals surface area contributed by atoms with E-state index in [1.165, 1.54) is 0 Å². The molecule has 0 saturated heterocycles. The van der Waals surface area contributed by atoms with Crippen LogP contribution in [0, 0.1) is 0 Å². The summed E-state index contributed by atoms with van der Waals surface area (Å²) in [6, 6.07) is 0. The Morgan fingerprint density at radius 2 is 1.38 bits per heavy atom. The van der Waals surface area contributed by atoms with Crippen molar-refractivity contribution < 1.29 is 13.3 Å². The Labute approximate surface area is 82.8 Å². The van der Waals surface area contributed by atoms with E-state index in [4.69, 9.17) is 13.3 Å². The van der Waals surface area contributed by atoms with Crippen LogP contribution in [0.1, 0.15) is 34.6 Å². The third kappa shape index (κ3) is 6.21. The summed E-state index contributed by atoms with van der Waals surface area (Å²) in [6.07, 6.45) is 0. The van der Waals surface area contributed by atoms with Crippen molar-refractivity contribution in [3.8, 4) is 0 Å². The molecule has 0 N–H and O–H groups in total. The standard InChI is InChI=1S/C9H22O3Si/c1-7-10-13(6,11-8-2)12-9(3,4)5/h7-8H2,1-6H3. The van der Waals surface area contributed by atoms with Gasteiger partial charge >= 0.3 is 8.80 Å². The molecular weight excluding hydrogens is 184 g/mol. The molecule has 0 amide bonds. The SMILES string of the molecule is CCO[Si](C)(OCC)OC(C)(C)C. The second-order valence-corrected chi connectivity index (χ2v) is 6.45. The second-order valence-electron chi connectivity index (χ2n) is 3.94. The third-order valence-electron chi connectivity index (χ3n) is 1.30. The summed E-state index contributed by atoms with van der Waals surface area (Å²) in [4.78, 5) is 0. The lowest BCUT2D eigenvalue weighted by Crippen LogP contribution is -2.47. The van der Waals surface area contributed by atoms with Crippen molar-refractivity contribution in [3.05, 3.63) is 0 Å². The normalized spacial score (nSPS) is 13.4. The van der Waals surface area contributed by atoms with Gasteiger partial charge in [0.2, 0.25) is 0 Å². The van der Waals surface area contributed by atoms with Gasteiger partial charge in [0.1, 0.15) is 0 Å². The highest BCUT2D eigenvalue weighted by Crippen LogP contribution is 2.18. The van der Waals surface area contributed by atoms with Gasteiger partial charge in [-0.2, -0.15) is 0 Å². The molecule has 0 aliphatic carbocycles. The van der Waals surface area contributed by atoms with E-state index < -0.39 is 8.80 Å².